The van der Waals surface area contributed by atoms with Gasteiger partial charge in [-0.3, -0.25) is 4.98 Å². The number of pyridine rings is 1. The van der Waals surface area contributed by atoms with Crippen LogP contribution in [0.1, 0.15) is 5.69 Å². The second kappa shape index (κ2) is 4.64. The van der Waals surface area contributed by atoms with Crippen molar-refractivity contribution in [3.8, 4) is 0 Å². The van der Waals surface area contributed by atoms with Gasteiger partial charge < -0.3 is 5.11 Å². The van der Waals surface area contributed by atoms with E-state index in [4.69, 9.17) is 5.11 Å². The topological polar surface area (TPSA) is 50.2 Å². The minimum Gasteiger partial charge on any atom is -0.476 e. The Morgan fingerprint density at radius 1 is 1.46 bits per heavy atom. The second-order valence-corrected chi connectivity index (χ2v) is 2.09. The van der Waals surface area contributed by atoms with Crippen molar-refractivity contribution in [2.75, 3.05) is 0 Å². The van der Waals surface area contributed by atoms with Crippen LogP contribution in [0.4, 0.5) is 8.78 Å². The summed E-state index contributed by atoms with van der Waals surface area (Å²) in [5.74, 6) is -6.09. The van der Waals surface area contributed by atoms with Crippen LogP contribution >= 0.6 is 0 Å². The molecule has 0 unspecified atom stereocenters. The Bertz CT molecular complexity index is 292. The van der Waals surface area contributed by atoms with E-state index in [-0.39, 0.29) is 29.6 Å². The van der Waals surface area contributed by atoms with Crippen molar-refractivity contribution in [2.24, 2.45) is 0 Å². The van der Waals surface area contributed by atoms with Gasteiger partial charge in [-0.25, -0.2) is 4.79 Å². The summed E-state index contributed by atoms with van der Waals surface area (Å²) in [6, 6.07) is 3.70. The monoisotopic (exact) mass is 196 g/mol. The summed E-state index contributed by atoms with van der Waals surface area (Å²) < 4.78 is 25.2. The van der Waals surface area contributed by atoms with Gasteiger partial charge in [0, 0.05) is 35.8 Å². The molecule has 1 heterocycles. The van der Waals surface area contributed by atoms with Crippen LogP contribution in [0.2, 0.25) is 0 Å². The van der Waals surface area contributed by atoms with Gasteiger partial charge in [0.25, 0.3) is 0 Å². The van der Waals surface area contributed by atoms with Gasteiger partial charge in [-0.15, -0.1) is 0 Å². The molecule has 3 nitrogen and oxygen atoms in total. The van der Waals surface area contributed by atoms with E-state index in [2.05, 4.69) is 4.98 Å². The van der Waals surface area contributed by atoms with Crippen LogP contribution in [-0.2, 0) is 10.7 Å². The van der Waals surface area contributed by atoms with Gasteiger partial charge in [-0.2, -0.15) is 8.78 Å². The molecule has 0 aromatic carbocycles. The molecule has 0 amide bonds. The molecule has 13 heavy (non-hydrogen) atoms. The third-order valence-corrected chi connectivity index (χ3v) is 1.26. The Morgan fingerprint density at radius 2 is 2.08 bits per heavy atom. The average molecular weight is 196 g/mol. The molecule has 0 fully saturated rings. The summed E-state index contributed by atoms with van der Waals surface area (Å²) in [4.78, 5) is 13.3. The van der Waals surface area contributed by atoms with Gasteiger partial charge >= 0.3 is 11.9 Å². The summed E-state index contributed by atoms with van der Waals surface area (Å²) in [6.45, 7) is 0. The first-order valence-corrected chi connectivity index (χ1v) is 3.08. The number of carboxylic acids is 1. The molecule has 0 aliphatic rings. The van der Waals surface area contributed by atoms with Crippen LogP contribution in [0.5, 0.6) is 0 Å². The maximum Gasteiger partial charge on any atom is 0.384 e. The standard InChI is InChI=1S/C7H5F2NO2.Na/c8-7(9,6(11)12)5-3-1-2-4-10-5;/h1-4H,(H,11,12);. The Labute approximate surface area is 95.1 Å². The fraction of sp³-hybridized carbons (Fsp3) is 0.143. The van der Waals surface area contributed by atoms with Crippen molar-refractivity contribution in [3.05, 3.63) is 30.1 Å². The van der Waals surface area contributed by atoms with E-state index in [0.29, 0.717) is 0 Å². The third kappa shape index (κ3) is 2.72. The maximum absolute atomic E-state index is 12.6. The molecule has 0 atom stereocenters. The van der Waals surface area contributed by atoms with Gasteiger partial charge in [-0.1, -0.05) is 6.07 Å². The molecule has 0 spiro atoms. The van der Waals surface area contributed by atoms with E-state index < -0.39 is 17.6 Å². The van der Waals surface area contributed by atoms with Crippen LogP contribution in [0.25, 0.3) is 0 Å². The third-order valence-electron chi connectivity index (χ3n) is 1.26. The van der Waals surface area contributed by atoms with E-state index in [1.807, 2.05) is 0 Å². The predicted molar refractivity (Wildman–Crippen MR) is 41.5 cm³/mol. The second-order valence-electron chi connectivity index (χ2n) is 2.09. The number of hydrogen-bond donors (Lipinski definition) is 1. The van der Waals surface area contributed by atoms with Crippen LogP contribution in [0, 0.1) is 0 Å². The molecule has 0 bridgehead atoms. The molecule has 0 aliphatic heterocycles. The van der Waals surface area contributed by atoms with Crippen LogP contribution < -0.4 is 0 Å². The zero-order valence-electron chi connectivity index (χ0n) is 6.87. The summed E-state index contributed by atoms with van der Waals surface area (Å²) in [7, 11) is 0. The Morgan fingerprint density at radius 3 is 2.46 bits per heavy atom. The number of carbonyl (C=O) groups is 1. The number of hydrogen-bond acceptors (Lipinski definition) is 2. The van der Waals surface area contributed by atoms with Crippen molar-refractivity contribution >= 4 is 35.5 Å². The van der Waals surface area contributed by atoms with Gasteiger partial charge in [0.15, 0.2) is 0 Å². The molecule has 0 aliphatic carbocycles. The van der Waals surface area contributed by atoms with E-state index in [1.165, 1.54) is 12.1 Å². The first-order chi connectivity index (χ1) is 5.55. The van der Waals surface area contributed by atoms with E-state index in [9.17, 15) is 13.6 Å². The smallest absolute Gasteiger partial charge is 0.384 e. The molecule has 1 aromatic heterocycles. The number of aliphatic carboxylic acids is 1. The van der Waals surface area contributed by atoms with E-state index >= 15 is 0 Å². The quantitative estimate of drug-likeness (QED) is 0.714. The van der Waals surface area contributed by atoms with Crippen molar-refractivity contribution in [1.82, 2.24) is 4.98 Å². The number of aromatic nitrogens is 1. The molecule has 6 heteroatoms. The molecule has 0 saturated carbocycles. The van der Waals surface area contributed by atoms with Crippen LogP contribution in [0.3, 0.4) is 0 Å². The van der Waals surface area contributed by atoms with Gasteiger partial charge in [0.2, 0.25) is 0 Å². The number of rotatable bonds is 2. The summed E-state index contributed by atoms with van der Waals surface area (Å²) in [5.41, 5.74) is -0.752. The van der Waals surface area contributed by atoms with Crippen LogP contribution in [-0.4, -0.2) is 45.6 Å². The SMILES string of the molecule is O=C(O)C(F)(F)c1ccccn1.[Na]. The van der Waals surface area contributed by atoms with Crippen molar-refractivity contribution in [1.29, 1.82) is 0 Å². The van der Waals surface area contributed by atoms with Gasteiger partial charge in [0.05, 0.1) is 0 Å². The molecular weight excluding hydrogens is 191 g/mol. The van der Waals surface area contributed by atoms with Crippen LogP contribution in [0.15, 0.2) is 24.4 Å². The van der Waals surface area contributed by atoms with E-state index in [0.717, 1.165) is 12.3 Å². The Balaban J connectivity index is 0.00000144. The van der Waals surface area contributed by atoms with Crippen molar-refractivity contribution in [2.45, 2.75) is 5.92 Å². The summed E-state index contributed by atoms with van der Waals surface area (Å²) >= 11 is 0. The first kappa shape index (κ1) is 12.5. The average Bonchev–Trinajstić information content (AvgIpc) is 2.06. The molecule has 1 N–H and O–H groups in total. The normalized spacial score (nSPS) is 10.3. The minimum atomic E-state index is -3.90. The van der Waals surface area contributed by atoms with Crippen molar-refractivity contribution in [3.63, 3.8) is 0 Å². The number of carboxylic acid groups (broad SMARTS) is 1. The first-order valence-electron chi connectivity index (χ1n) is 3.08. The molecule has 65 valence electrons. The predicted octanol–water partition coefficient (Wildman–Crippen LogP) is 0.877. The fourth-order valence-corrected chi connectivity index (χ4v) is 0.658. The molecular formula is C7H5F2NNaO2. The molecule has 0 saturated heterocycles. The minimum absolute atomic E-state index is 0. The Kier molecular flexibility index (Phi) is 4.46. The number of nitrogens with zero attached hydrogens (tertiary/aromatic N) is 1. The maximum atomic E-state index is 12.6. The van der Waals surface area contributed by atoms with E-state index in [1.54, 1.807) is 0 Å². The number of alkyl halides is 2. The molecule has 1 aromatic rings. The largest absolute Gasteiger partial charge is 0.476 e. The summed E-state index contributed by atoms with van der Waals surface area (Å²) in [6.07, 6.45) is 1.12. The Hall–Kier alpha value is -0.520. The van der Waals surface area contributed by atoms with Gasteiger partial charge in [-0.05, 0) is 12.1 Å². The van der Waals surface area contributed by atoms with Gasteiger partial charge in [0.1, 0.15) is 5.69 Å². The molecule has 1 radical (unpaired) electrons. The summed E-state index contributed by atoms with van der Waals surface area (Å²) in [5, 5.41) is 8.10. The zero-order valence-corrected chi connectivity index (χ0v) is 8.87. The zero-order chi connectivity index (χ0) is 9.19. The number of halogens is 2. The molecule has 1 rings (SSSR count). The van der Waals surface area contributed by atoms with Crippen molar-refractivity contribution < 1.29 is 18.7 Å². The fourth-order valence-electron chi connectivity index (χ4n) is 0.658.